The van der Waals surface area contributed by atoms with Crippen LogP contribution in [0.5, 0.6) is 0 Å². The lowest BCUT2D eigenvalue weighted by Crippen LogP contribution is -2.68. The molecule has 3 saturated heterocycles. The molecule has 0 bridgehead atoms. The van der Waals surface area contributed by atoms with Crippen molar-refractivity contribution >= 4 is 5.91 Å². The van der Waals surface area contributed by atoms with Crippen LogP contribution in [0.2, 0.25) is 0 Å². The second-order valence-corrected chi connectivity index (χ2v) is 10.0. The van der Waals surface area contributed by atoms with Gasteiger partial charge in [-0.2, -0.15) is 0 Å². The van der Waals surface area contributed by atoms with Crippen molar-refractivity contribution in [2.24, 2.45) is 5.73 Å². The summed E-state index contributed by atoms with van der Waals surface area (Å²) in [7, 11) is 0. The highest BCUT2D eigenvalue weighted by molar-refractivity contribution is 5.73. The number of carbonyl (C=O) groups excluding carboxylic acids is 1. The van der Waals surface area contributed by atoms with Crippen molar-refractivity contribution in [1.29, 1.82) is 0 Å². The molecular formula is C23H42N2O15. The lowest BCUT2D eigenvalue weighted by Gasteiger charge is -2.49. The Hall–Kier alpha value is -1.13. The number of aliphatic hydroxyl groups is 8. The monoisotopic (exact) mass is 586 g/mol. The van der Waals surface area contributed by atoms with Gasteiger partial charge in [-0.15, -0.1) is 0 Å². The van der Waals surface area contributed by atoms with Gasteiger partial charge >= 0.3 is 0 Å². The second-order valence-electron chi connectivity index (χ2n) is 10.0. The van der Waals surface area contributed by atoms with E-state index in [0.29, 0.717) is 6.42 Å². The summed E-state index contributed by atoms with van der Waals surface area (Å²) >= 11 is 0. The minimum Gasteiger partial charge on any atom is -0.394 e. The third kappa shape index (κ3) is 7.44. The highest BCUT2D eigenvalue weighted by Gasteiger charge is 2.54. The Labute approximate surface area is 230 Å². The molecule has 0 aromatic rings. The van der Waals surface area contributed by atoms with Crippen molar-refractivity contribution in [3.05, 3.63) is 0 Å². The molecule has 3 aliphatic rings. The molecule has 0 radical (unpaired) electrons. The van der Waals surface area contributed by atoms with Gasteiger partial charge in [0, 0.05) is 6.92 Å². The lowest BCUT2D eigenvalue weighted by atomic mass is 9.95. The highest BCUT2D eigenvalue weighted by atomic mass is 16.8. The van der Waals surface area contributed by atoms with E-state index < -0.39 is 111 Å². The topological polar surface area (TPSA) is 272 Å². The van der Waals surface area contributed by atoms with Gasteiger partial charge in [-0.05, 0) is 19.9 Å². The van der Waals surface area contributed by atoms with Crippen molar-refractivity contribution < 1.29 is 74.1 Å². The van der Waals surface area contributed by atoms with Gasteiger partial charge in [0.1, 0.15) is 67.1 Å². The first kappa shape index (κ1) is 33.4. The van der Waals surface area contributed by atoms with Crippen LogP contribution in [-0.2, 0) is 33.2 Å². The Balaban J connectivity index is 1.95. The molecule has 11 N–H and O–H groups in total. The number of nitrogens with two attached hydrogens (primary N) is 1. The van der Waals surface area contributed by atoms with E-state index in [9.17, 15) is 45.6 Å². The van der Waals surface area contributed by atoms with Crippen molar-refractivity contribution in [1.82, 2.24) is 5.32 Å². The standard InChI is InChI=1S/C23H42N2O15/c1-8-13(29)17(33)18(34)22(36-8)40-20-19(15(31)11(7-27)38-23(20)35-5-3-4-24)39-21-12(25-9(2)28)16(32)14(30)10(6-26)37-21/h8,10-23,26-27,29-34H,3-7,24H2,1-2H3,(H,25,28)/t8?,10?,11?,12?,13-,14+,15+,16?,17?,18?,19?,20?,21+,22+,23-/m1/s1. The van der Waals surface area contributed by atoms with Gasteiger partial charge in [-0.1, -0.05) is 0 Å². The van der Waals surface area contributed by atoms with Crippen molar-refractivity contribution in [2.75, 3.05) is 26.4 Å². The summed E-state index contributed by atoms with van der Waals surface area (Å²) in [5.41, 5.74) is 5.54. The zero-order valence-electron chi connectivity index (χ0n) is 22.2. The summed E-state index contributed by atoms with van der Waals surface area (Å²) in [6, 6.07) is -1.39. The highest BCUT2D eigenvalue weighted by Crippen LogP contribution is 2.33. The molecule has 0 aromatic carbocycles. The summed E-state index contributed by atoms with van der Waals surface area (Å²) in [4.78, 5) is 11.9. The maximum atomic E-state index is 11.9. The molecule has 3 rings (SSSR count). The number of aliphatic hydroxyl groups excluding tert-OH is 8. The molecule has 0 saturated carbocycles. The molecule has 3 heterocycles. The second kappa shape index (κ2) is 14.9. The van der Waals surface area contributed by atoms with Crippen LogP contribution in [0.25, 0.3) is 0 Å². The fourth-order valence-electron chi connectivity index (χ4n) is 4.78. The number of rotatable bonds is 11. The summed E-state index contributed by atoms with van der Waals surface area (Å²) in [5, 5.41) is 84.9. The molecule has 0 aliphatic carbocycles. The average molecular weight is 587 g/mol. The Morgan fingerprint density at radius 3 is 1.98 bits per heavy atom. The predicted octanol–water partition coefficient (Wildman–Crippen LogP) is -6.03. The number of nitrogens with one attached hydrogen (secondary N) is 1. The minimum absolute atomic E-state index is 0.0414. The largest absolute Gasteiger partial charge is 0.394 e. The quantitative estimate of drug-likeness (QED) is 0.101. The first-order valence-electron chi connectivity index (χ1n) is 13.1. The normalized spacial score (nSPS) is 46.2. The van der Waals surface area contributed by atoms with E-state index in [2.05, 4.69) is 5.32 Å². The van der Waals surface area contributed by atoms with Gasteiger partial charge < -0.3 is 80.3 Å². The van der Waals surface area contributed by atoms with Crippen LogP contribution < -0.4 is 11.1 Å². The minimum atomic E-state index is -1.75. The van der Waals surface area contributed by atoms with Crippen LogP contribution in [0.4, 0.5) is 0 Å². The molecule has 0 aromatic heterocycles. The van der Waals surface area contributed by atoms with E-state index >= 15 is 0 Å². The maximum Gasteiger partial charge on any atom is 0.217 e. The Kier molecular flexibility index (Phi) is 12.4. The average Bonchev–Trinajstić information content (AvgIpc) is 2.92. The smallest absolute Gasteiger partial charge is 0.217 e. The van der Waals surface area contributed by atoms with E-state index in [-0.39, 0.29) is 13.2 Å². The number of hydrogen-bond acceptors (Lipinski definition) is 16. The van der Waals surface area contributed by atoms with Gasteiger partial charge in [0.25, 0.3) is 0 Å². The molecule has 3 fully saturated rings. The molecule has 15 atom stereocenters. The number of carbonyl (C=O) groups is 1. The van der Waals surface area contributed by atoms with E-state index in [1.165, 1.54) is 6.92 Å². The number of amides is 1. The van der Waals surface area contributed by atoms with Gasteiger partial charge in [0.05, 0.1) is 25.9 Å². The van der Waals surface area contributed by atoms with Gasteiger partial charge in [-0.25, -0.2) is 0 Å². The summed E-state index contributed by atoms with van der Waals surface area (Å²) in [6.45, 7) is 1.45. The van der Waals surface area contributed by atoms with E-state index in [1.807, 2.05) is 0 Å². The molecule has 17 heteroatoms. The first-order valence-corrected chi connectivity index (χ1v) is 13.1. The third-order valence-corrected chi connectivity index (χ3v) is 7.07. The summed E-state index contributed by atoms with van der Waals surface area (Å²) in [5.74, 6) is -0.618. The molecular weight excluding hydrogens is 544 g/mol. The molecule has 9 unspecified atom stereocenters. The SMILES string of the molecule is CC(=O)NC1C(O)[C@@H](O)C(CO)O[C@H]1OC1C(O[C@@H]2OC(C)[C@@H](O)C(O)C2O)[C@H](OCCCN)OC(CO)[C@@H]1O. The molecule has 1 amide bonds. The summed E-state index contributed by atoms with van der Waals surface area (Å²) in [6.07, 6.45) is -20.5. The fraction of sp³-hybridized carbons (Fsp3) is 0.957. The van der Waals surface area contributed by atoms with E-state index in [4.69, 9.17) is 34.2 Å². The Morgan fingerprint density at radius 2 is 1.38 bits per heavy atom. The zero-order chi connectivity index (χ0) is 29.7. The van der Waals surface area contributed by atoms with E-state index in [0.717, 1.165) is 6.92 Å². The lowest BCUT2D eigenvalue weighted by molar-refractivity contribution is -0.385. The molecule has 0 spiro atoms. The third-order valence-electron chi connectivity index (χ3n) is 7.07. The van der Waals surface area contributed by atoms with Gasteiger partial charge in [0.2, 0.25) is 5.91 Å². The fourth-order valence-corrected chi connectivity index (χ4v) is 4.78. The zero-order valence-corrected chi connectivity index (χ0v) is 22.2. The predicted molar refractivity (Wildman–Crippen MR) is 129 cm³/mol. The van der Waals surface area contributed by atoms with Crippen LogP contribution in [0, 0.1) is 0 Å². The summed E-state index contributed by atoms with van der Waals surface area (Å²) < 4.78 is 34.5. The number of ether oxygens (including phenoxy) is 6. The van der Waals surface area contributed by atoms with Crippen molar-refractivity contribution in [3.8, 4) is 0 Å². The molecule has 3 aliphatic heterocycles. The number of hydrogen-bond donors (Lipinski definition) is 10. The van der Waals surface area contributed by atoms with Gasteiger partial charge in [0.15, 0.2) is 18.9 Å². The van der Waals surface area contributed by atoms with Crippen LogP contribution in [0.15, 0.2) is 0 Å². The van der Waals surface area contributed by atoms with Crippen LogP contribution in [-0.4, -0.2) is 165 Å². The molecule has 17 nitrogen and oxygen atoms in total. The van der Waals surface area contributed by atoms with Crippen LogP contribution in [0.3, 0.4) is 0 Å². The Bertz CT molecular complexity index is 797. The van der Waals surface area contributed by atoms with Crippen LogP contribution in [0.1, 0.15) is 20.3 Å². The molecule has 40 heavy (non-hydrogen) atoms. The first-order chi connectivity index (χ1) is 18.9. The maximum absolute atomic E-state index is 11.9. The van der Waals surface area contributed by atoms with E-state index in [1.54, 1.807) is 0 Å². The van der Waals surface area contributed by atoms with Crippen molar-refractivity contribution in [2.45, 2.75) is 112 Å². The van der Waals surface area contributed by atoms with Crippen LogP contribution >= 0.6 is 0 Å². The van der Waals surface area contributed by atoms with Crippen molar-refractivity contribution in [3.63, 3.8) is 0 Å². The Morgan fingerprint density at radius 1 is 0.775 bits per heavy atom. The van der Waals surface area contributed by atoms with Gasteiger partial charge in [-0.3, -0.25) is 4.79 Å². The molecule has 234 valence electrons.